The Morgan fingerprint density at radius 2 is 2.12 bits per heavy atom. The van der Waals surface area contributed by atoms with Gasteiger partial charge in [-0.2, -0.15) is 18.3 Å². The van der Waals surface area contributed by atoms with Gasteiger partial charge in [0.1, 0.15) is 0 Å². The van der Waals surface area contributed by atoms with Gasteiger partial charge in [-0.05, 0) is 13.3 Å². The van der Waals surface area contributed by atoms with Crippen LogP contribution in [0.4, 0.5) is 13.2 Å². The number of fused-ring (bicyclic) bond motifs is 1. The molecule has 4 nitrogen and oxygen atoms in total. The molecule has 92 valence electrons. The van der Waals surface area contributed by atoms with E-state index in [1.54, 1.807) is 0 Å². The molecule has 0 amide bonds. The number of aromatic nitrogens is 3. The minimum atomic E-state index is -4.41. The molecule has 0 aliphatic heterocycles. The van der Waals surface area contributed by atoms with Gasteiger partial charge in [0.25, 0.3) is 0 Å². The Labute approximate surface area is 95.3 Å². The lowest BCUT2D eigenvalue weighted by Gasteiger charge is -2.06. The van der Waals surface area contributed by atoms with E-state index < -0.39 is 11.7 Å². The lowest BCUT2D eigenvalue weighted by molar-refractivity contribution is -0.138. The Morgan fingerprint density at radius 3 is 2.71 bits per heavy atom. The summed E-state index contributed by atoms with van der Waals surface area (Å²) in [6, 6.07) is -0.0907. The number of hydrogen-bond donors (Lipinski definition) is 1. The number of nitrogens with zero attached hydrogens (tertiary/aromatic N) is 3. The molecule has 0 saturated carbocycles. The maximum atomic E-state index is 12.4. The van der Waals surface area contributed by atoms with Crippen LogP contribution < -0.4 is 5.73 Å². The highest BCUT2D eigenvalue weighted by atomic mass is 19.4. The highest BCUT2D eigenvalue weighted by molar-refractivity contribution is 5.46. The average Bonchev–Trinajstić information content (AvgIpc) is 2.59. The third-order valence-corrected chi connectivity index (χ3v) is 2.30. The van der Waals surface area contributed by atoms with Crippen molar-refractivity contribution in [3.63, 3.8) is 0 Å². The summed E-state index contributed by atoms with van der Waals surface area (Å²) in [7, 11) is 0. The second-order valence-electron chi connectivity index (χ2n) is 3.96. The fraction of sp³-hybridized carbons (Fsp3) is 0.400. The molecule has 7 heteroatoms. The van der Waals surface area contributed by atoms with Crippen molar-refractivity contribution >= 4 is 5.65 Å². The fourth-order valence-corrected chi connectivity index (χ4v) is 1.56. The van der Waals surface area contributed by atoms with Crippen LogP contribution in [0.1, 0.15) is 18.1 Å². The Morgan fingerprint density at radius 1 is 1.41 bits per heavy atom. The Bertz CT molecular complexity index is 530. The van der Waals surface area contributed by atoms with Gasteiger partial charge in [0, 0.05) is 24.0 Å². The predicted octanol–water partition coefficient (Wildman–Crippen LogP) is 1.64. The van der Waals surface area contributed by atoms with Gasteiger partial charge in [-0.1, -0.05) is 0 Å². The summed E-state index contributed by atoms with van der Waals surface area (Å²) < 4.78 is 38.4. The van der Waals surface area contributed by atoms with E-state index in [0.717, 1.165) is 22.5 Å². The first-order valence-corrected chi connectivity index (χ1v) is 5.03. The van der Waals surface area contributed by atoms with Crippen molar-refractivity contribution in [3.8, 4) is 0 Å². The van der Waals surface area contributed by atoms with Crippen LogP contribution >= 0.6 is 0 Å². The van der Waals surface area contributed by atoms with Crippen molar-refractivity contribution in [3.05, 3.63) is 29.7 Å². The number of halogens is 3. The normalized spacial score (nSPS) is 14.2. The maximum Gasteiger partial charge on any atom is 0.419 e. The zero-order valence-corrected chi connectivity index (χ0v) is 9.07. The first-order valence-electron chi connectivity index (χ1n) is 5.03. The Kier molecular flexibility index (Phi) is 2.78. The van der Waals surface area contributed by atoms with Crippen molar-refractivity contribution in [2.75, 3.05) is 0 Å². The van der Waals surface area contributed by atoms with Crippen molar-refractivity contribution in [2.45, 2.75) is 25.6 Å². The highest BCUT2D eigenvalue weighted by Gasteiger charge is 2.31. The molecule has 0 aliphatic carbocycles. The topological polar surface area (TPSA) is 56.2 Å². The average molecular weight is 244 g/mol. The number of hydrogen-bond acceptors (Lipinski definition) is 3. The van der Waals surface area contributed by atoms with Gasteiger partial charge in [-0.15, -0.1) is 0 Å². The summed E-state index contributed by atoms with van der Waals surface area (Å²) in [5.41, 5.74) is 5.97. The summed E-state index contributed by atoms with van der Waals surface area (Å²) in [4.78, 5) is 3.79. The standard InChI is InChI=1S/C10H11F3N4/c1-6(14)2-7-3-16-17-5-8(10(11,12)13)4-15-9(7)17/h3-6H,2,14H2,1H3. The van der Waals surface area contributed by atoms with Gasteiger partial charge in [-0.3, -0.25) is 0 Å². The predicted molar refractivity (Wildman–Crippen MR) is 55.3 cm³/mol. The van der Waals surface area contributed by atoms with Crippen LogP contribution in [0.15, 0.2) is 18.6 Å². The van der Waals surface area contributed by atoms with Crippen LogP contribution in [0.2, 0.25) is 0 Å². The molecule has 1 unspecified atom stereocenters. The smallest absolute Gasteiger partial charge is 0.328 e. The lowest BCUT2D eigenvalue weighted by Crippen LogP contribution is -2.17. The molecule has 0 fully saturated rings. The van der Waals surface area contributed by atoms with Crippen LogP contribution in [0, 0.1) is 0 Å². The Hall–Kier alpha value is -1.63. The maximum absolute atomic E-state index is 12.4. The van der Waals surface area contributed by atoms with Crippen molar-refractivity contribution in [2.24, 2.45) is 5.73 Å². The lowest BCUT2D eigenvalue weighted by atomic mass is 10.1. The van der Waals surface area contributed by atoms with Crippen LogP contribution in [-0.2, 0) is 12.6 Å². The van der Waals surface area contributed by atoms with E-state index in [0.29, 0.717) is 12.1 Å². The number of rotatable bonds is 2. The largest absolute Gasteiger partial charge is 0.419 e. The van der Waals surface area contributed by atoms with E-state index in [2.05, 4.69) is 10.1 Å². The molecule has 0 radical (unpaired) electrons. The highest BCUT2D eigenvalue weighted by Crippen LogP contribution is 2.28. The van der Waals surface area contributed by atoms with Crippen molar-refractivity contribution < 1.29 is 13.2 Å². The molecule has 0 bridgehead atoms. The SMILES string of the molecule is CC(N)Cc1cnn2cc(C(F)(F)F)cnc12. The van der Waals surface area contributed by atoms with E-state index in [1.165, 1.54) is 6.20 Å². The molecule has 0 saturated heterocycles. The first kappa shape index (κ1) is 11.8. The minimum Gasteiger partial charge on any atom is -0.328 e. The minimum absolute atomic E-state index is 0.0907. The summed E-state index contributed by atoms with van der Waals surface area (Å²) >= 11 is 0. The summed E-state index contributed by atoms with van der Waals surface area (Å²) in [6.07, 6.45) is -0.656. The zero-order chi connectivity index (χ0) is 12.6. The quantitative estimate of drug-likeness (QED) is 0.873. The van der Waals surface area contributed by atoms with Crippen LogP contribution in [0.5, 0.6) is 0 Å². The molecule has 0 aliphatic rings. The molecular weight excluding hydrogens is 233 g/mol. The monoisotopic (exact) mass is 244 g/mol. The Balaban J connectivity index is 2.45. The van der Waals surface area contributed by atoms with E-state index in [9.17, 15) is 13.2 Å². The second-order valence-corrected chi connectivity index (χ2v) is 3.96. The van der Waals surface area contributed by atoms with Gasteiger partial charge in [0.2, 0.25) is 0 Å². The van der Waals surface area contributed by atoms with E-state index in [1.807, 2.05) is 6.92 Å². The second kappa shape index (κ2) is 3.99. The van der Waals surface area contributed by atoms with Crippen molar-refractivity contribution in [1.29, 1.82) is 0 Å². The van der Waals surface area contributed by atoms with Crippen LogP contribution in [-0.4, -0.2) is 20.6 Å². The fourth-order valence-electron chi connectivity index (χ4n) is 1.56. The molecule has 2 heterocycles. The van der Waals surface area contributed by atoms with Gasteiger partial charge < -0.3 is 5.73 Å². The molecule has 2 aromatic rings. The van der Waals surface area contributed by atoms with E-state index in [-0.39, 0.29) is 6.04 Å². The van der Waals surface area contributed by atoms with Crippen molar-refractivity contribution in [1.82, 2.24) is 14.6 Å². The summed E-state index contributed by atoms with van der Waals surface area (Å²) in [5.74, 6) is 0. The molecule has 0 spiro atoms. The molecule has 2 rings (SSSR count). The van der Waals surface area contributed by atoms with E-state index in [4.69, 9.17) is 5.73 Å². The van der Waals surface area contributed by atoms with Crippen LogP contribution in [0.3, 0.4) is 0 Å². The molecule has 2 aromatic heterocycles. The van der Waals surface area contributed by atoms with Gasteiger partial charge in [0.05, 0.1) is 11.8 Å². The molecule has 17 heavy (non-hydrogen) atoms. The molecular formula is C10H11F3N4. The number of nitrogens with two attached hydrogens (primary N) is 1. The molecule has 2 N–H and O–H groups in total. The van der Waals surface area contributed by atoms with Gasteiger partial charge in [-0.25, -0.2) is 9.50 Å². The van der Waals surface area contributed by atoms with E-state index >= 15 is 0 Å². The summed E-state index contributed by atoms with van der Waals surface area (Å²) in [5, 5.41) is 3.84. The van der Waals surface area contributed by atoms with Gasteiger partial charge >= 0.3 is 6.18 Å². The van der Waals surface area contributed by atoms with Crippen LogP contribution in [0.25, 0.3) is 5.65 Å². The third kappa shape index (κ3) is 2.38. The zero-order valence-electron chi connectivity index (χ0n) is 9.07. The molecule has 0 aromatic carbocycles. The third-order valence-electron chi connectivity index (χ3n) is 2.30. The molecule has 1 atom stereocenters. The summed E-state index contributed by atoms with van der Waals surface area (Å²) in [6.45, 7) is 1.81. The first-order chi connectivity index (χ1) is 7.88. The van der Waals surface area contributed by atoms with Gasteiger partial charge in [0.15, 0.2) is 5.65 Å². The number of alkyl halides is 3.